The van der Waals surface area contributed by atoms with E-state index in [1.165, 1.54) is 11.2 Å². The second-order valence-corrected chi connectivity index (χ2v) is 8.98. The lowest BCUT2D eigenvalue weighted by molar-refractivity contribution is -0.130. The molecule has 2 saturated heterocycles. The summed E-state index contributed by atoms with van der Waals surface area (Å²) in [6.07, 6.45) is 1.40. The van der Waals surface area contributed by atoms with E-state index in [0.29, 0.717) is 55.4 Å². The number of carbonyl (C=O) groups is 2. The lowest BCUT2D eigenvalue weighted by Crippen LogP contribution is -2.50. The van der Waals surface area contributed by atoms with Gasteiger partial charge in [0.1, 0.15) is 0 Å². The van der Waals surface area contributed by atoms with Crippen LogP contribution in [-0.2, 0) is 14.8 Å². The molecule has 0 bridgehead atoms. The molecule has 2 heterocycles. The van der Waals surface area contributed by atoms with E-state index in [2.05, 4.69) is 0 Å². The van der Waals surface area contributed by atoms with Crippen molar-refractivity contribution in [1.82, 2.24) is 9.80 Å². The van der Waals surface area contributed by atoms with Crippen LogP contribution in [0.25, 0.3) is 0 Å². The van der Waals surface area contributed by atoms with Crippen molar-refractivity contribution >= 4 is 39.1 Å². The topological polar surface area (TPSA) is 78.0 Å². The summed E-state index contributed by atoms with van der Waals surface area (Å²) < 4.78 is 26.0. The Bertz CT molecular complexity index is 819. The highest BCUT2D eigenvalue weighted by atomic mass is 35.5. The fourth-order valence-corrected chi connectivity index (χ4v) is 5.22. The summed E-state index contributed by atoms with van der Waals surface area (Å²) in [6, 6.07) is 4.74. The van der Waals surface area contributed by atoms with Gasteiger partial charge < -0.3 is 9.80 Å². The third kappa shape index (κ3) is 3.81. The molecule has 3 rings (SSSR count). The van der Waals surface area contributed by atoms with Crippen molar-refractivity contribution in [2.45, 2.75) is 19.8 Å². The molecule has 0 radical (unpaired) electrons. The van der Waals surface area contributed by atoms with E-state index in [-0.39, 0.29) is 17.6 Å². The molecule has 2 amide bonds. The molecule has 142 valence electrons. The lowest BCUT2D eigenvalue weighted by Gasteiger charge is -2.34. The van der Waals surface area contributed by atoms with Crippen LogP contribution in [-0.4, -0.2) is 68.5 Å². The highest BCUT2D eigenvalue weighted by Gasteiger charge is 2.29. The number of amides is 2. The van der Waals surface area contributed by atoms with Crippen LogP contribution in [0.5, 0.6) is 0 Å². The van der Waals surface area contributed by atoms with Gasteiger partial charge in [0.25, 0.3) is 5.91 Å². The standard InChI is InChI=1S/C17H22ClN3O4S/c1-13(22)19-7-9-20(10-8-19)17(23)14-4-5-15(18)16(12-14)21-6-2-3-11-26(21,24)25/h4-5,12H,2-3,6-11H2,1H3. The fourth-order valence-electron chi connectivity index (χ4n) is 3.30. The van der Waals surface area contributed by atoms with Crippen LogP contribution in [0, 0.1) is 0 Å². The van der Waals surface area contributed by atoms with E-state index >= 15 is 0 Å². The van der Waals surface area contributed by atoms with Gasteiger partial charge in [-0.3, -0.25) is 13.9 Å². The number of halogens is 1. The zero-order valence-corrected chi connectivity index (χ0v) is 16.2. The first-order valence-electron chi connectivity index (χ1n) is 8.64. The van der Waals surface area contributed by atoms with Crippen molar-refractivity contribution < 1.29 is 18.0 Å². The van der Waals surface area contributed by atoms with Crippen molar-refractivity contribution in [2.24, 2.45) is 0 Å². The van der Waals surface area contributed by atoms with Gasteiger partial charge in [0, 0.05) is 45.2 Å². The number of hydrogen-bond donors (Lipinski definition) is 0. The second-order valence-electron chi connectivity index (χ2n) is 6.56. The van der Waals surface area contributed by atoms with Gasteiger partial charge in [-0.25, -0.2) is 8.42 Å². The maximum absolute atomic E-state index is 12.8. The minimum absolute atomic E-state index is 0.00110. The minimum atomic E-state index is -3.40. The van der Waals surface area contributed by atoms with Crippen molar-refractivity contribution in [3.8, 4) is 0 Å². The second kappa shape index (κ2) is 7.44. The summed E-state index contributed by atoms with van der Waals surface area (Å²) in [5, 5.41) is 0.313. The molecule has 0 saturated carbocycles. The van der Waals surface area contributed by atoms with Crippen LogP contribution in [0.3, 0.4) is 0 Å². The summed E-state index contributed by atoms with van der Waals surface area (Å²) in [5.74, 6) is -0.0872. The zero-order chi connectivity index (χ0) is 18.9. The normalized spacial score (nSPS) is 20.2. The molecule has 1 aromatic rings. The van der Waals surface area contributed by atoms with Crippen molar-refractivity contribution in [1.29, 1.82) is 0 Å². The van der Waals surface area contributed by atoms with Crippen molar-refractivity contribution in [3.05, 3.63) is 28.8 Å². The van der Waals surface area contributed by atoms with E-state index < -0.39 is 10.0 Å². The number of nitrogens with zero attached hydrogens (tertiary/aromatic N) is 3. The third-order valence-corrected chi connectivity index (χ3v) is 7.00. The van der Waals surface area contributed by atoms with Gasteiger partial charge in [-0.15, -0.1) is 0 Å². The molecule has 7 nitrogen and oxygen atoms in total. The Morgan fingerprint density at radius 2 is 1.65 bits per heavy atom. The average Bonchev–Trinajstić information content (AvgIpc) is 2.62. The molecule has 1 aromatic carbocycles. The van der Waals surface area contributed by atoms with Crippen molar-refractivity contribution in [3.63, 3.8) is 0 Å². The summed E-state index contributed by atoms with van der Waals surface area (Å²) in [6.45, 7) is 3.81. The highest BCUT2D eigenvalue weighted by molar-refractivity contribution is 7.92. The van der Waals surface area contributed by atoms with E-state index in [9.17, 15) is 18.0 Å². The number of hydrogen-bond acceptors (Lipinski definition) is 4. The number of rotatable bonds is 2. The summed E-state index contributed by atoms with van der Waals surface area (Å²) >= 11 is 6.23. The molecule has 9 heteroatoms. The summed E-state index contributed by atoms with van der Waals surface area (Å²) in [7, 11) is -3.40. The van der Waals surface area contributed by atoms with Crippen LogP contribution in [0.4, 0.5) is 5.69 Å². The van der Waals surface area contributed by atoms with Crippen LogP contribution >= 0.6 is 11.6 Å². The Morgan fingerprint density at radius 1 is 1.00 bits per heavy atom. The van der Waals surface area contributed by atoms with Gasteiger partial charge in [0.05, 0.1) is 16.5 Å². The largest absolute Gasteiger partial charge is 0.339 e. The van der Waals surface area contributed by atoms with E-state index in [0.717, 1.165) is 6.42 Å². The Morgan fingerprint density at radius 3 is 2.27 bits per heavy atom. The molecule has 0 aromatic heterocycles. The number of benzene rings is 1. The third-order valence-electron chi connectivity index (χ3n) is 4.82. The molecular formula is C17H22ClN3O4S. The molecular weight excluding hydrogens is 378 g/mol. The van der Waals surface area contributed by atoms with Crippen molar-refractivity contribution in [2.75, 3.05) is 42.8 Å². The molecule has 0 N–H and O–H groups in total. The first-order chi connectivity index (χ1) is 12.3. The first-order valence-corrected chi connectivity index (χ1v) is 10.6. The van der Waals surface area contributed by atoms with Gasteiger partial charge in [0.15, 0.2) is 0 Å². The predicted octanol–water partition coefficient (Wildman–Crippen LogP) is 1.57. The molecule has 0 atom stereocenters. The smallest absolute Gasteiger partial charge is 0.254 e. The van der Waals surface area contributed by atoms with Crippen LogP contribution in [0.15, 0.2) is 18.2 Å². The van der Waals surface area contributed by atoms with Gasteiger partial charge >= 0.3 is 0 Å². The average molecular weight is 400 g/mol. The fraction of sp³-hybridized carbons (Fsp3) is 0.529. The number of anilines is 1. The van der Waals surface area contributed by atoms with Gasteiger partial charge in [-0.05, 0) is 31.0 Å². The first kappa shape index (κ1) is 19.0. The molecule has 2 aliphatic rings. The predicted molar refractivity (Wildman–Crippen MR) is 100.0 cm³/mol. The Balaban J connectivity index is 1.81. The maximum atomic E-state index is 12.8. The van der Waals surface area contributed by atoms with Gasteiger partial charge in [-0.1, -0.05) is 11.6 Å². The molecule has 2 fully saturated rings. The Hall–Kier alpha value is -1.80. The van der Waals surface area contributed by atoms with E-state index in [1.54, 1.807) is 28.0 Å². The molecule has 0 spiro atoms. The summed E-state index contributed by atoms with van der Waals surface area (Å²) in [4.78, 5) is 27.6. The monoisotopic (exact) mass is 399 g/mol. The van der Waals surface area contributed by atoms with E-state index in [4.69, 9.17) is 11.6 Å². The molecule has 2 aliphatic heterocycles. The quantitative estimate of drug-likeness (QED) is 0.756. The lowest BCUT2D eigenvalue weighted by atomic mass is 10.1. The minimum Gasteiger partial charge on any atom is -0.339 e. The molecule has 26 heavy (non-hydrogen) atoms. The number of sulfonamides is 1. The highest BCUT2D eigenvalue weighted by Crippen LogP contribution is 2.32. The van der Waals surface area contributed by atoms with Gasteiger partial charge in [0.2, 0.25) is 15.9 Å². The SMILES string of the molecule is CC(=O)N1CCN(C(=O)c2ccc(Cl)c(N3CCCCS3(=O)=O)c2)CC1. The van der Waals surface area contributed by atoms with Crippen LogP contribution in [0.2, 0.25) is 5.02 Å². The Labute approximate surface area is 158 Å². The van der Waals surface area contributed by atoms with Gasteiger partial charge in [-0.2, -0.15) is 0 Å². The zero-order valence-electron chi connectivity index (χ0n) is 14.6. The Kier molecular flexibility index (Phi) is 5.43. The van der Waals surface area contributed by atoms with Crippen LogP contribution < -0.4 is 4.31 Å². The summed E-state index contributed by atoms with van der Waals surface area (Å²) in [5.41, 5.74) is 0.765. The van der Waals surface area contributed by atoms with E-state index in [1.807, 2.05) is 0 Å². The maximum Gasteiger partial charge on any atom is 0.254 e. The molecule has 0 aliphatic carbocycles. The molecule has 0 unspecified atom stereocenters. The number of piperazine rings is 1. The number of carbonyl (C=O) groups excluding carboxylic acids is 2. The van der Waals surface area contributed by atoms with Crippen LogP contribution in [0.1, 0.15) is 30.1 Å².